The Bertz CT molecular complexity index is 624. The van der Waals surface area contributed by atoms with Gasteiger partial charge in [0.1, 0.15) is 0 Å². The Kier molecular flexibility index (Phi) is 5.05. The van der Waals surface area contributed by atoms with E-state index in [9.17, 15) is 13.5 Å². The Morgan fingerprint density at radius 2 is 2.26 bits per heavy atom. The molecule has 0 saturated carbocycles. The maximum atomic E-state index is 12.6. The first-order valence-electron chi connectivity index (χ1n) is 8.18. The van der Waals surface area contributed by atoms with Crippen molar-refractivity contribution in [2.75, 3.05) is 32.1 Å². The average molecular weight is 343 g/mol. The topological polar surface area (TPSA) is 84.7 Å². The molecule has 3 atom stereocenters. The van der Waals surface area contributed by atoms with Gasteiger partial charge in [0, 0.05) is 51.4 Å². The van der Waals surface area contributed by atoms with E-state index in [1.807, 2.05) is 13.2 Å². The quantitative estimate of drug-likeness (QED) is 0.804. The lowest BCUT2D eigenvalue weighted by atomic mass is 9.92. The first-order chi connectivity index (χ1) is 11.0. The molecule has 130 valence electrons. The number of rotatable bonds is 6. The molecule has 2 saturated heterocycles. The van der Waals surface area contributed by atoms with Crippen LogP contribution in [0.2, 0.25) is 0 Å². The van der Waals surface area contributed by atoms with Gasteiger partial charge >= 0.3 is 0 Å². The van der Waals surface area contributed by atoms with Gasteiger partial charge in [0.2, 0.25) is 10.0 Å². The Hall–Kier alpha value is -0.960. The fraction of sp³-hybridized carbons (Fsp3) is 0.800. The Balaban J connectivity index is 1.65. The average Bonchev–Trinajstić information content (AvgIpc) is 3.25. The van der Waals surface area contributed by atoms with E-state index in [1.165, 1.54) is 4.31 Å². The molecule has 2 aliphatic rings. The summed E-state index contributed by atoms with van der Waals surface area (Å²) < 4.78 is 33.9. The van der Waals surface area contributed by atoms with Gasteiger partial charge in [0.25, 0.3) is 0 Å². The molecular formula is C15H25N3O4S. The monoisotopic (exact) mass is 343 g/mol. The van der Waals surface area contributed by atoms with E-state index in [4.69, 9.17) is 4.74 Å². The molecule has 0 aliphatic carbocycles. The van der Waals surface area contributed by atoms with Crippen molar-refractivity contribution in [2.45, 2.75) is 31.3 Å². The zero-order valence-electron chi connectivity index (χ0n) is 13.5. The van der Waals surface area contributed by atoms with Crippen molar-refractivity contribution in [2.24, 2.45) is 13.0 Å². The lowest BCUT2D eigenvalue weighted by Gasteiger charge is -2.17. The van der Waals surface area contributed by atoms with Crippen LogP contribution in [0.25, 0.3) is 0 Å². The smallest absolute Gasteiger partial charge is 0.214 e. The number of nitrogens with zero attached hydrogens (tertiary/aromatic N) is 3. The number of aliphatic hydroxyl groups excluding tert-OH is 1. The van der Waals surface area contributed by atoms with E-state index >= 15 is 0 Å². The summed E-state index contributed by atoms with van der Waals surface area (Å²) in [6.07, 6.45) is 6.26. The van der Waals surface area contributed by atoms with Gasteiger partial charge in [0.15, 0.2) is 0 Å². The van der Waals surface area contributed by atoms with Crippen molar-refractivity contribution in [1.29, 1.82) is 0 Å². The summed E-state index contributed by atoms with van der Waals surface area (Å²) in [5.41, 5.74) is 0.989. The van der Waals surface area contributed by atoms with Crippen LogP contribution < -0.4 is 0 Å². The number of aryl methyl sites for hydroxylation is 1. The molecule has 0 amide bonds. The molecule has 0 aromatic carbocycles. The predicted octanol–water partition coefficient (Wildman–Crippen LogP) is 0.327. The Morgan fingerprint density at radius 3 is 2.87 bits per heavy atom. The first-order valence-corrected chi connectivity index (χ1v) is 9.79. The van der Waals surface area contributed by atoms with E-state index in [2.05, 4.69) is 5.10 Å². The molecule has 1 aromatic rings. The van der Waals surface area contributed by atoms with Gasteiger partial charge < -0.3 is 9.84 Å². The van der Waals surface area contributed by atoms with Crippen LogP contribution >= 0.6 is 0 Å². The van der Waals surface area contributed by atoms with Gasteiger partial charge in [-0.1, -0.05) is 0 Å². The summed E-state index contributed by atoms with van der Waals surface area (Å²) in [7, 11) is -1.47. The maximum Gasteiger partial charge on any atom is 0.214 e. The minimum Gasteiger partial charge on any atom is -0.396 e. The third kappa shape index (κ3) is 3.76. The van der Waals surface area contributed by atoms with Gasteiger partial charge in [-0.25, -0.2) is 12.7 Å². The summed E-state index contributed by atoms with van der Waals surface area (Å²) in [4.78, 5) is 0. The summed E-state index contributed by atoms with van der Waals surface area (Å²) in [6.45, 7) is 1.52. The molecule has 0 radical (unpaired) electrons. The number of hydrogen-bond donors (Lipinski definition) is 1. The molecule has 1 N–H and O–H groups in total. The third-order valence-corrected chi connectivity index (χ3v) is 6.75. The van der Waals surface area contributed by atoms with Crippen molar-refractivity contribution in [3.8, 4) is 0 Å². The molecule has 7 nitrogen and oxygen atoms in total. The van der Waals surface area contributed by atoms with E-state index in [0.717, 1.165) is 25.0 Å². The largest absolute Gasteiger partial charge is 0.396 e. The first kappa shape index (κ1) is 16.9. The highest BCUT2D eigenvalue weighted by atomic mass is 32.2. The number of hydrogen-bond acceptors (Lipinski definition) is 5. The Labute approximate surface area is 137 Å². The van der Waals surface area contributed by atoms with Crippen LogP contribution in [0.15, 0.2) is 12.4 Å². The van der Waals surface area contributed by atoms with Gasteiger partial charge in [-0.2, -0.15) is 5.10 Å². The standard InChI is InChI=1S/C15H25N3O4S/c1-17-8-12(7-16-17)15-10-18(9-13(15)11-19)23(20,21)6-4-14-3-2-5-22-14/h7-8,13-15,19H,2-6,9-11H2,1H3/t13-,14+,15-/m0/s1. The second-order valence-corrected chi connectivity index (χ2v) is 8.64. The normalized spacial score (nSPS) is 29.4. The number of aromatic nitrogens is 2. The SMILES string of the molecule is Cn1cc([C@@H]2CN(S(=O)(=O)CC[C@H]3CCCO3)C[C@H]2CO)cn1. The van der Waals surface area contributed by atoms with Crippen molar-refractivity contribution < 1.29 is 18.3 Å². The van der Waals surface area contributed by atoms with Gasteiger partial charge in [-0.3, -0.25) is 4.68 Å². The van der Waals surface area contributed by atoms with Crippen LogP contribution in [-0.2, 0) is 21.8 Å². The molecular weight excluding hydrogens is 318 g/mol. The Morgan fingerprint density at radius 1 is 1.43 bits per heavy atom. The maximum absolute atomic E-state index is 12.6. The summed E-state index contributed by atoms with van der Waals surface area (Å²) in [5, 5.41) is 13.8. The molecule has 2 fully saturated rings. The highest BCUT2D eigenvalue weighted by Crippen LogP contribution is 2.34. The van der Waals surface area contributed by atoms with Crippen LogP contribution in [0.5, 0.6) is 0 Å². The van der Waals surface area contributed by atoms with Gasteiger partial charge in [-0.15, -0.1) is 0 Å². The van der Waals surface area contributed by atoms with Crippen LogP contribution in [0.4, 0.5) is 0 Å². The minimum atomic E-state index is -3.31. The fourth-order valence-electron chi connectivity index (χ4n) is 3.53. The van der Waals surface area contributed by atoms with E-state index in [1.54, 1.807) is 10.9 Å². The van der Waals surface area contributed by atoms with Gasteiger partial charge in [0.05, 0.1) is 18.1 Å². The third-order valence-electron chi connectivity index (χ3n) is 4.91. The lowest BCUT2D eigenvalue weighted by molar-refractivity contribution is 0.108. The number of ether oxygens (including phenoxy) is 1. The van der Waals surface area contributed by atoms with E-state index in [-0.39, 0.29) is 30.3 Å². The van der Waals surface area contributed by atoms with Crippen LogP contribution in [0.3, 0.4) is 0 Å². The molecule has 0 spiro atoms. The number of aliphatic hydroxyl groups is 1. The van der Waals surface area contributed by atoms with Crippen molar-refractivity contribution in [1.82, 2.24) is 14.1 Å². The predicted molar refractivity (Wildman–Crippen MR) is 85.5 cm³/mol. The molecule has 1 aromatic heterocycles. The minimum absolute atomic E-state index is 0.00575. The van der Waals surface area contributed by atoms with E-state index < -0.39 is 10.0 Å². The molecule has 2 aliphatic heterocycles. The molecule has 23 heavy (non-hydrogen) atoms. The van der Waals surface area contributed by atoms with Crippen LogP contribution in [0, 0.1) is 5.92 Å². The van der Waals surface area contributed by atoms with Crippen molar-refractivity contribution >= 4 is 10.0 Å². The second kappa shape index (κ2) is 6.88. The molecule has 0 unspecified atom stereocenters. The summed E-state index contributed by atoms with van der Waals surface area (Å²) in [6, 6.07) is 0. The molecule has 3 heterocycles. The van der Waals surface area contributed by atoms with E-state index in [0.29, 0.717) is 19.5 Å². The number of sulfonamides is 1. The lowest BCUT2D eigenvalue weighted by Crippen LogP contribution is -2.32. The molecule has 3 rings (SSSR count). The summed E-state index contributed by atoms with van der Waals surface area (Å²) >= 11 is 0. The van der Waals surface area contributed by atoms with Crippen LogP contribution in [-0.4, -0.2) is 65.8 Å². The highest BCUT2D eigenvalue weighted by molar-refractivity contribution is 7.89. The molecule has 0 bridgehead atoms. The summed E-state index contributed by atoms with van der Waals surface area (Å²) in [5.74, 6) is 0.0539. The van der Waals surface area contributed by atoms with Crippen molar-refractivity contribution in [3.63, 3.8) is 0 Å². The fourth-order valence-corrected chi connectivity index (χ4v) is 5.16. The second-order valence-electron chi connectivity index (χ2n) is 6.55. The zero-order valence-corrected chi connectivity index (χ0v) is 14.3. The molecule has 8 heteroatoms. The van der Waals surface area contributed by atoms with Crippen LogP contribution in [0.1, 0.15) is 30.7 Å². The zero-order chi connectivity index (χ0) is 16.4. The van der Waals surface area contributed by atoms with Gasteiger partial charge in [-0.05, 0) is 24.8 Å². The van der Waals surface area contributed by atoms with Crippen molar-refractivity contribution in [3.05, 3.63) is 18.0 Å². The highest BCUT2D eigenvalue weighted by Gasteiger charge is 2.39.